The van der Waals surface area contributed by atoms with E-state index in [-0.39, 0.29) is 17.2 Å². The molecule has 4 heteroatoms. The Hall–Kier alpha value is -1.81. The van der Waals surface area contributed by atoms with Crippen LogP contribution in [-0.2, 0) is 4.79 Å². The van der Waals surface area contributed by atoms with Crippen LogP contribution in [0.15, 0.2) is 59.6 Å². The van der Waals surface area contributed by atoms with Crippen LogP contribution in [0.2, 0.25) is 0 Å². The van der Waals surface area contributed by atoms with Gasteiger partial charge in [-0.25, -0.2) is 0 Å². The summed E-state index contributed by atoms with van der Waals surface area (Å²) in [6.45, 7) is 3.86. The number of nitrogens with one attached hydrogen (secondary N) is 1. The Labute approximate surface area is 123 Å². The molecule has 1 amide bonds. The Morgan fingerprint density at radius 3 is 2.45 bits per heavy atom. The highest BCUT2D eigenvalue weighted by molar-refractivity contribution is 8.00. The smallest absolute Gasteiger partial charge is 0.233 e. The second-order valence-corrected chi connectivity index (χ2v) is 5.97. The van der Waals surface area contributed by atoms with Gasteiger partial charge in [0.25, 0.3) is 0 Å². The van der Waals surface area contributed by atoms with Crippen LogP contribution in [-0.4, -0.2) is 16.1 Å². The minimum Gasteiger partial charge on any atom is -0.347 e. The molecule has 0 unspecified atom stereocenters. The average molecular weight is 286 g/mol. The van der Waals surface area contributed by atoms with Gasteiger partial charge in [-0.05, 0) is 38.1 Å². The number of hydrogen-bond donors (Lipinski definition) is 1. The van der Waals surface area contributed by atoms with Gasteiger partial charge in [0.15, 0.2) is 0 Å². The van der Waals surface area contributed by atoms with Crippen LogP contribution in [0.1, 0.15) is 25.6 Å². The molecule has 1 heterocycles. The molecule has 0 fully saturated rings. The largest absolute Gasteiger partial charge is 0.347 e. The molecule has 0 aliphatic carbocycles. The minimum atomic E-state index is -0.136. The van der Waals surface area contributed by atoms with Crippen molar-refractivity contribution in [3.8, 4) is 0 Å². The number of rotatable bonds is 5. The third-order valence-electron chi connectivity index (χ3n) is 2.92. The second-order valence-electron chi connectivity index (χ2n) is 4.56. The van der Waals surface area contributed by atoms with E-state index in [1.54, 1.807) is 18.0 Å². The Balaban J connectivity index is 1.91. The molecule has 0 saturated carbocycles. The maximum Gasteiger partial charge on any atom is 0.233 e. The average Bonchev–Trinajstić information content (AvgIpc) is 2.49. The molecule has 0 spiro atoms. The van der Waals surface area contributed by atoms with E-state index in [0.29, 0.717) is 0 Å². The van der Waals surface area contributed by atoms with E-state index in [9.17, 15) is 4.79 Å². The summed E-state index contributed by atoms with van der Waals surface area (Å²) in [7, 11) is 0. The molecule has 0 aliphatic heterocycles. The number of carbonyl (C=O) groups is 1. The molecule has 3 nitrogen and oxygen atoms in total. The molecule has 0 bridgehead atoms. The first-order valence-electron chi connectivity index (χ1n) is 6.60. The SMILES string of the molecule is C[C@@H](Sc1ccccc1)C(=O)N[C@H](C)c1ccccn1. The predicted molar refractivity (Wildman–Crippen MR) is 82.6 cm³/mol. The van der Waals surface area contributed by atoms with Crippen molar-refractivity contribution in [2.45, 2.75) is 30.0 Å². The van der Waals surface area contributed by atoms with E-state index in [4.69, 9.17) is 0 Å². The van der Waals surface area contributed by atoms with Crippen molar-refractivity contribution < 1.29 is 4.79 Å². The number of hydrogen-bond acceptors (Lipinski definition) is 3. The summed E-state index contributed by atoms with van der Waals surface area (Å²) in [5.74, 6) is 0.0250. The highest BCUT2D eigenvalue weighted by Gasteiger charge is 2.17. The summed E-state index contributed by atoms with van der Waals surface area (Å²) < 4.78 is 0. The molecular formula is C16H18N2OS. The molecule has 1 aromatic carbocycles. The fourth-order valence-electron chi connectivity index (χ4n) is 1.79. The Morgan fingerprint density at radius 2 is 1.80 bits per heavy atom. The quantitative estimate of drug-likeness (QED) is 0.856. The van der Waals surface area contributed by atoms with Gasteiger partial charge in [-0.15, -0.1) is 11.8 Å². The molecule has 20 heavy (non-hydrogen) atoms. The van der Waals surface area contributed by atoms with E-state index in [0.717, 1.165) is 10.6 Å². The van der Waals surface area contributed by atoms with Gasteiger partial charge in [-0.3, -0.25) is 9.78 Å². The second kappa shape index (κ2) is 7.10. The number of pyridine rings is 1. The Morgan fingerprint density at radius 1 is 1.10 bits per heavy atom. The van der Waals surface area contributed by atoms with Crippen molar-refractivity contribution >= 4 is 17.7 Å². The summed E-state index contributed by atoms with van der Waals surface area (Å²) in [5, 5.41) is 2.86. The van der Waals surface area contributed by atoms with Crippen molar-refractivity contribution in [2.75, 3.05) is 0 Å². The number of carbonyl (C=O) groups excluding carboxylic acids is 1. The van der Waals surface area contributed by atoms with Crippen LogP contribution in [0, 0.1) is 0 Å². The number of thioether (sulfide) groups is 1. The van der Waals surface area contributed by atoms with Crippen molar-refractivity contribution in [1.82, 2.24) is 10.3 Å². The van der Waals surface area contributed by atoms with Gasteiger partial charge in [-0.2, -0.15) is 0 Å². The Bertz CT molecular complexity index is 545. The molecule has 2 atom stereocenters. The van der Waals surface area contributed by atoms with E-state index in [1.165, 1.54) is 0 Å². The van der Waals surface area contributed by atoms with Crippen LogP contribution in [0.5, 0.6) is 0 Å². The molecule has 0 saturated heterocycles. The predicted octanol–water partition coefficient (Wildman–Crippen LogP) is 3.44. The lowest BCUT2D eigenvalue weighted by Gasteiger charge is -2.17. The van der Waals surface area contributed by atoms with Gasteiger partial charge >= 0.3 is 0 Å². The van der Waals surface area contributed by atoms with E-state index in [2.05, 4.69) is 10.3 Å². The number of aromatic nitrogens is 1. The summed E-state index contributed by atoms with van der Waals surface area (Å²) >= 11 is 1.56. The third-order valence-corrected chi connectivity index (χ3v) is 4.03. The first-order valence-corrected chi connectivity index (χ1v) is 7.48. The maximum absolute atomic E-state index is 12.2. The third kappa shape index (κ3) is 4.10. The number of benzene rings is 1. The number of nitrogens with zero attached hydrogens (tertiary/aromatic N) is 1. The van der Waals surface area contributed by atoms with Gasteiger partial charge < -0.3 is 5.32 Å². The first kappa shape index (κ1) is 14.6. The van der Waals surface area contributed by atoms with Crippen LogP contribution in [0.25, 0.3) is 0 Å². The normalized spacial score (nSPS) is 13.5. The zero-order chi connectivity index (χ0) is 14.4. The standard InChI is InChI=1S/C16H18N2OS/c1-12(15-10-6-7-11-17-15)18-16(19)13(2)20-14-8-4-3-5-9-14/h3-13H,1-2H3,(H,18,19)/t12-,13-/m1/s1. The zero-order valence-electron chi connectivity index (χ0n) is 11.6. The molecule has 2 rings (SSSR count). The van der Waals surface area contributed by atoms with Gasteiger partial charge in [0.2, 0.25) is 5.91 Å². The molecular weight excluding hydrogens is 268 g/mol. The lowest BCUT2D eigenvalue weighted by atomic mass is 10.2. The van der Waals surface area contributed by atoms with Crippen molar-refractivity contribution in [3.05, 3.63) is 60.4 Å². The van der Waals surface area contributed by atoms with Crippen LogP contribution >= 0.6 is 11.8 Å². The lowest BCUT2D eigenvalue weighted by Crippen LogP contribution is -2.33. The fraction of sp³-hybridized carbons (Fsp3) is 0.250. The van der Waals surface area contributed by atoms with Gasteiger partial charge in [-0.1, -0.05) is 24.3 Å². The molecule has 104 valence electrons. The zero-order valence-corrected chi connectivity index (χ0v) is 12.4. The minimum absolute atomic E-state index is 0.0250. The molecule has 2 aromatic rings. The van der Waals surface area contributed by atoms with E-state index in [1.807, 2.05) is 62.4 Å². The number of amides is 1. The van der Waals surface area contributed by atoms with Crippen LogP contribution in [0.3, 0.4) is 0 Å². The summed E-state index contributed by atoms with van der Waals surface area (Å²) in [6.07, 6.45) is 1.74. The van der Waals surface area contributed by atoms with Crippen molar-refractivity contribution in [2.24, 2.45) is 0 Å². The summed E-state index contributed by atoms with van der Waals surface area (Å²) in [5.41, 5.74) is 0.873. The monoisotopic (exact) mass is 286 g/mol. The maximum atomic E-state index is 12.2. The van der Waals surface area contributed by atoms with Gasteiger partial charge in [0, 0.05) is 11.1 Å². The fourth-order valence-corrected chi connectivity index (χ4v) is 2.69. The summed E-state index contributed by atoms with van der Waals surface area (Å²) in [4.78, 5) is 17.5. The highest BCUT2D eigenvalue weighted by Crippen LogP contribution is 2.23. The molecule has 1 N–H and O–H groups in total. The van der Waals surface area contributed by atoms with Gasteiger partial charge in [0.05, 0.1) is 17.0 Å². The van der Waals surface area contributed by atoms with E-state index >= 15 is 0 Å². The van der Waals surface area contributed by atoms with Crippen LogP contribution < -0.4 is 5.32 Å². The first-order chi connectivity index (χ1) is 9.66. The van der Waals surface area contributed by atoms with Crippen molar-refractivity contribution in [3.63, 3.8) is 0 Å². The molecule has 1 aromatic heterocycles. The lowest BCUT2D eigenvalue weighted by molar-refractivity contribution is -0.120. The topological polar surface area (TPSA) is 42.0 Å². The molecule has 0 aliphatic rings. The van der Waals surface area contributed by atoms with Crippen molar-refractivity contribution in [1.29, 1.82) is 0 Å². The highest BCUT2D eigenvalue weighted by atomic mass is 32.2. The van der Waals surface area contributed by atoms with E-state index < -0.39 is 0 Å². The van der Waals surface area contributed by atoms with Gasteiger partial charge in [0.1, 0.15) is 0 Å². The Kier molecular flexibility index (Phi) is 5.18. The summed E-state index contributed by atoms with van der Waals surface area (Å²) in [6, 6.07) is 15.6. The van der Waals surface area contributed by atoms with Crippen LogP contribution in [0.4, 0.5) is 0 Å². The molecule has 0 radical (unpaired) electrons.